The zero-order chi connectivity index (χ0) is 29.6. The standard InChI is InChI=1S/C31H34BrN3O5S/c1-3-22(2)33-30(37)27(20-23-10-5-4-6-11-23)34(21-24-15-17-25(32)18-16-24)29(36)14-9-19-35-31(38)26-12-7-8-13-28(26)41(35,39)40/h4-8,10-13,15-18,22,27H,3,9,14,19-21H2,1-2H3,(H,33,37)/t22-,27+/m0/s1. The highest BCUT2D eigenvalue weighted by molar-refractivity contribution is 9.10. The lowest BCUT2D eigenvalue weighted by Crippen LogP contribution is -2.52. The molecule has 3 aromatic rings. The second-order valence-electron chi connectivity index (χ2n) is 10.2. The van der Waals surface area contributed by atoms with Crippen LogP contribution < -0.4 is 5.32 Å². The van der Waals surface area contributed by atoms with Gasteiger partial charge in [-0.15, -0.1) is 0 Å². The van der Waals surface area contributed by atoms with E-state index in [0.717, 1.165) is 26.3 Å². The molecule has 4 rings (SSSR count). The highest BCUT2D eigenvalue weighted by atomic mass is 79.9. The first-order valence-corrected chi connectivity index (χ1v) is 15.9. The molecule has 41 heavy (non-hydrogen) atoms. The minimum atomic E-state index is -3.96. The van der Waals surface area contributed by atoms with E-state index in [-0.39, 0.29) is 54.2 Å². The largest absolute Gasteiger partial charge is 0.352 e. The number of hydrogen-bond donors (Lipinski definition) is 1. The molecular formula is C31H34BrN3O5S. The van der Waals surface area contributed by atoms with Gasteiger partial charge in [-0.1, -0.05) is 77.5 Å². The molecule has 2 atom stereocenters. The van der Waals surface area contributed by atoms with Crippen LogP contribution in [-0.4, -0.2) is 54.0 Å². The van der Waals surface area contributed by atoms with Gasteiger partial charge in [-0.05, 0) is 55.2 Å². The Morgan fingerprint density at radius 2 is 1.61 bits per heavy atom. The van der Waals surface area contributed by atoms with Crippen LogP contribution in [0.5, 0.6) is 0 Å². The average molecular weight is 641 g/mol. The Labute approximate surface area is 249 Å². The van der Waals surface area contributed by atoms with E-state index in [0.29, 0.717) is 6.42 Å². The van der Waals surface area contributed by atoms with Crippen molar-refractivity contribution in [2.45, 2.75) is 63.1 Å². The summed E-state index contributed by atoms with van der Waals surface area (Å²) in [5.41, 5.74) is 1.90. The molecular weight excluding hydrogens is 606 g/mol. The smallest absolute Gasteiger partial charge is 0.269 e. The lowest BCUT2D eigenvalue weighted by Gasteiger charge is -2.32. The van der Waals surface area contributed by atoms with E-state index >= 15 is 0 Å². The number of fused-ring (bicyclic) bond motifs is 1. The lowest BCUT2D eigenvalue weighted by molar-refractivity contribution is -0.141. The Kier molecular flexibility index (Phi) is 9.99. The molecule has 10 heteroatoms. The third kappa shape index (κ3) is 7.23. The van der Waals surface area contributed by atoms with E-state index in [2.05, 4.69) is 21.2 Å². The van der Waals surface area contributed by atoms with Crippen LogP contribution in [0.15, 0.2) is 88.2 Å². The Balaban J connectivity index is 1.57. The fourth-order valence-corrected chi connectivity index (χ4v) is 6.62. The summed E-state index contributed by atoms with van der Waals surface area (Å²) in [6.07, 6.45) is 1.15. The molecule has 0 bridgehead atoms. The fraction of sp³-hybridized carbons (Fsp3) is 0.323. The summed E-state index contributed by atoms with van der Waals surface area (Å²) in [6, 6.07) is 22.3. The van der Waals surface area contributed by atoms with E-state index in [1.54, 1.807) is 17.0 Å². The first kappa shape index (κ1) is 30.5. The van der Waals surface area contributed by atoms with Crippen LogP contribution in [-0.2, 0) is 32.6 Å². The van der Waals surface area contributed by atoms with Crippen molar-refractivity contribution in [3.8, 4) is 0 Å². The molecule has 0 aromatic heterocycles. The summed E-state index contributed by atoms with van der Waals surface area (Å²) in [4.78, 5) is 41.8. The lowest BCUT2D eigenvalue weighted by atomic mass is 10.0. The van der Waals surface area contributed by atoms with Gasteiger partial charge in [0, 0.05) is 36.4 Å². The van der Waals surface area contributed by atoms with Gasteiger partial charge < -0.3 is 10.2 Å². The van der Waals surface area contributed by atoms with E-state index < -0.39 is 22.0 Å². The predicted molar refractivity (Wildman–Crippen MR) is 160 cm³/mol. The molecule has 1 aliphatic rings. The number of rotatable bonds is 12. The third-order valence-corrected chi connectivity index (χ3v) is 9.57. The molecule has 3 aromatic carbocycles. The number of nitrogens with zero attached hydrogens (tertiary/aromatic N) is 2. The molecule has 0 saturated carbocycles. The molecule has 3 amide bonds. The minimum Gasteiger partial charge on any atom is -0.352 e. The maximum Gasteiger partial charge on any atom is 0.269 e. The van der Waals surface area contributed by atoms with Crippen molar-refractivity contribution in [3.05, 3.63) is 100 Å². The average Bonchev–Trinajstić information content (AvgIpc) is 3.16. The number of sulfonamides is 1. The van der Waals surface area contributed by atoms with Crippen molar-refractivity contribution >= 4 is 43.7 Å². The Hall–Kier alpha value is -3.50. The zero-order valence-corrected chi connectivity index (χ0v) is 25.5. The van der Waals surface area contributed by atoms with Crippen molar-refractivity contribution < 1.29 is 22.8 Å². The molecule has 0 fully saturated rings. The molecule has 1 aliphatic heterocycles. The van der Waals surface area contributed by atoms with E-state index in [1.165, 1.54) is 12.1 Å². The molecule has 1 N–H and O–H groups in total. The highest BCUT2D eigenvalue weighted by Gasteiger charge is 2.40. The number of amides is 3. The quantitative estimate of drug-likeness (QED) is 0.303. The summed E-state index contributed by atoms with van der Waals surface area (Å²) < 4.78 is 27.6. The molecule has 216 valence electrons. The molecule has 0 spiro atoms. The normalized spacial score (nSPS) is 15.2. The van der Waals surface area contributed by atoms with Gasteiger partial charge in [0.15, 0.2) is 0 Å². The molecule has 0 saturated heterocycles. The van der Waals surface area contributed by atoms with Crippen molar-refractivity contribution in [1.29, 1.82) is 0 Å². The SMILES string of the molecule is CC[C@H](C)NC(=O)[C@@H](Cc1ccccc1)N(Cc1ccc(Br)cc1)C(=O)CCCN1C(=O)c2ccccc2S1(=O)=O. The highest BCUT2D eigenvalue weighted by Crippen LogP contribution is 2.30. The van der Waals surface area contributed by atoms with Gasteiger partial charge in [-0.3, -0.25) is 14.4 Å². The summed E-state index contributed by atoms with van der Waals surface area (Å²) >= 11 is 3.44. The molecule has 0 unspecified atom stereocenters. The minimum absolute atomic E-state index is 0.0159. The number of benzene rings is 3. The Bertz CT molecular complexity index is 1500. The van der Waals surface area contributed by atoms with E-state index in [4.69, 9.17) is 0 Å². The van der Waals surface area contributed by atoms with Gasteiger partial charge in [-0.2, -0.15) is 0 Å². The van der Waals surface area contributed by atoms with E-state index in [1.807, 2.05) is 68.4 Å². The second-order valence-corrected chi connectivity index (χ2v) is 12.9. The zero-order valence-electron chi connectivity index (χ0n) is 23.1. The van der Waals surface area contributed by atoms with Crippen LogP contribution in [0.3, 0.4) is 0 Å². The number of carbonyl (C=O) groups excluding carboxylic acids is 3. The van der Waals surface area contributed by atoms with Crippen LogP contribution in [0.4, 0.5) is 0 Å². The van der Waals surface area contributed by atoms with Crippen molar-refractivity contribution in [3.63, 3.8) is 0 Å². The van der Waals surface area contributed by atoms with Crippen molar-refractivity contribution in [2.24, 2.45) is 0 Å². The third-order valence-electron chi connectivity index (χ3n) is 7.20. The maximum absolute atomic E-state index is 13.8. The van der Waals surface area contributed by atoms with Crippen LogP contribution in [0.1, 0.15) is 54.6 Å². The topological polar surface area (TPSA) is 104 Å². The first-order chi connectivity index (χ1) is 19.6. The summed E-state index contributed by atoms with van der Waals surface area (Å²) in [5, 5.41) is 3.04. The van der Waals surface area contributed by atoms with E-state index in [9.17, 15) is 22.8 Å². The van der Waals surface area contributed by atoms with Crippen molar-refractivity contribution in [1.82, 2.24) is 14.5 Å². The number of nitrogens with one attached hydrogen (secondary N) is 1. The van der Waals surface area contributed by atoms with Gasteiger partial charge in [-0.25, -0.2) is 12.7 Å². The monoisotopic (exact) mass is 639 g/mol. The maximum atomic E-state index is 13.8. The van der Waals surface area contributed by atoms with Gasteiger partial charge >= 0.3 is 0 Å². The predicted octanol–water partition coefficient (Wildman–Crippen LogP) is 4.93. The molecule has 0 aliphatic carbocycles. The number of halogens is 1. The number of hydrogen-bond acceptors (Lipinski definition) is 5. The van der Waals surface area contributed by atoms with Crippen molar-refractivity contribution in [2.75, 3.05) is 6.54 Å². The van der Waals surface area contributed by atoms with Crippen LogP contribution in [0, 0.1) is 0 Å². The van der Waals surface area contributed by atoms with Crippen LogP contribution in [0.25, 0.3) is 0 Å². The van der Waals surface area contributed by atoms with Crippen LogP contribution >= 0.6 is 15.9 Å². The van der Waals surface area contributed by atoms with Gasteiger partial charge in [0.05, 0.1) is 5.56 Å². The molecule has 1 heterocycles. The number of carbonyl (C=O) groups is 3. The molecule has 0 radical (unpaired) electrons. The van der Waals surface area contributed by atoms with Gasteiger partial charge in [0.25, 0.3) is 15.9 Å². The Morgan fingerprint density at radius 1 is 0.951 bits per heavy atom. The fourth-order valence-electron chi connectivity index (χ4n) is 4.75. The Morgan fingerprint density at radius 3 is 2.27 bits per heavy atom. The second kappa shape index (κ2) is 13.4. The molecule has 8 nitrogen and oxygen atoms in total. The summed E-state index contributed by atoms with van der Waals surface area (Å²) in [5.74, 6) is -1.13. The van der Waals surface area contributed by atoms with Gasteiger partial charge in [0.2, 0.25) is 11.8 Å². The summed E-state index contributed by atoms with van der Waals surface area (Å²) in [7, 11) is -3.96. The van der Waals surface area contributed by atoms with Crippen LogP contribution in [0.2, 0.25) is 0 Å². The summed E-state index contributed by atoms with van der Waals surface area (Å²) in [6.45, 7) is 3.97. The first-order valence-electron chi connectivity index (χ1n) is 13.7. The van der Waals surface area contributed by atoms with Gasteiger partial charge in [0.1, 0.15) is 10.9 Å².